The van der Waals surface area contributed by atoms with E-state index in [0.29, 0.717) is 18.5 Å². The van der Waals surface area contributed by atoms with Crippen LogP contribution in [0.15, 0.2) is 66.7 Å². The summed E-state index contributed by atoms with van der Waals surface area (Å²) in [4.78, 5) is 26.2. The Balaban J connectivity index is 1.35. The zero-order valence-corrected chi connectivity index (χ0v) is 17.2. The van der Waals surface area contributed by atoms with Crippen molar-refractivity contribution < 1.29 is 19.4 Å². The number of aromatic carboxylic acids is 1. The molecule has 3 aromatic rings. The molecule has 1 heterocycles. The lowest BCUT2D eigenvalue weighted by Gasteiger charge is -2.35. The fourth-order valence-corrected chi connectivity index (χ4v) is 4.89. The minimum Gasteiger partial charge on any atom is -0.478 e. The molecule has 1 unspecified atom stereocenters. The number of hydrogen-bond donors (Lipinski definition) is 1. The van der Waals surface area contributed by atoms with Crippen molar-refractivity contribution in [1.29, 1.82) is 0 Å². The molecule has 2 aliphatic rings. The molecule has 5 heteroatoms. The summed E-state index contributed by atoms with van der Waals surface area (Å²) in [5.74, 6) is -0.916. The lowest BCUT2D eigenvalue weighted by atomic mass is 9.91. The highest BCUT2D eigenvalue weighted by atomic mass is 16.6. The maximum Gasteiger partial charge on any atom is 0.410 e. The Morgan fingerprint density at radius 1 is 0.968 bits per heavy atom. The van der Waals surface area contributed by atoms with Crippen LogP contribution in [0.5, 0.6) is 0 Å². The first kappa shape index (κ1) is 19.4. The number of fused-ring (bicyclic) bond motifs is 4. The fraction of sp³-hybridized carbons (Fsp3) is 0.231. The minimum absolute atomic E-state index is 0.0161. The number of benzene rings is 3. The van der Waals surface area contributed by atoms with E-state index in [9.17, 15) is 14.7 Å². The molecule has 0 saturated carbocycles. The predicted molar refractivity (Wildman–Crippen MR) is 117 cm³/mol. The van der Waals surface area contributed by atoms with Crippen LogP contribution in [0.2, 0.25) is 0 Å². The Labute approximate surface area is 180 Å². The molecule has 0 spiro atoms. The largest absolute Gasteiger partial charge is 0.478 e. The lowest BCUT2D eigenvalue weighted by Crippen LogP contribution is -2.43. The average Bonchev–Trinajstić information content (AvgIpc) is 3.10. The molecule has 1 amide bonds. The van der Waals surface area contributed by atoms with Gasteiger partial charge in [0.15, 0.2) is 0 Å². The average molecular weight is 413 g/mol. The van der Waals surface area contributed by atoms with Gasteiger partial charge in [0.2, 0.25) is 0 Å². The Morgan fingerprint density at radius 3 is 2.26 bits per heavy atom. The third-order valence-corrected chi connectivity index (χ3v) is 6.45. The van der Waals surface area contributed by atoms with Crippen molar-refractivity contribution in [2.75, 3.05) is 6.61 Å². The first-order valence-electron chi connectivity index (χ1n) is 10.5. The van der Waals surface area contributed by atoms with Crippen LogP contribution >= 0.6 is 0 Å². The molecule has 0 fully saturated rings. The summed E-state index contributed by atoms with van der Waals surface area (Å²) >= 11 is 0. The topological polar surface area (TPSA) is 66.8 Å². The molecule has 5 nitrogen and oxygen atoms in total. The minimum atomic E-state index is -0.932. The van der Waals surface area contributed by atoms with Crippen LogP contribution < -0.4 is 0 Å². The smallest absolute Gasteiger partial charge is 0.410 e. The van der Waals surface area contributed by atoms with Crippen LogP contribution in [0.1, 0.15) is 45.5 Å². The number of carbonyl (C=O) groups is 2. The first-order chi connectivity index (χ1) is 15.0. The standard InChI is InChI=1S/C26H23NO4/c1-16-13-23-17(7-6-12-22(23)25(28)29)14-27(16)26(30)31-15-24-20-10-4-2-8-18(20)19-9-3-5-11-21(19)24/h2-12,16,24H,13-15H2,1H3,(H,28,29). The van der Waals surface area contributed by atoms with Crippen LogP contribution in [0, 0.1) is 0 Å². The van der Waals surface area contributed by atoms with Gasteiger partial charge < -0.3 is 14.7 Å². The summed E-state index contributed by atoms with van der Waals surface area (Å²) in [5.41, 5.74) is 6.74. The molecular formula is C26H23NO4. The fourth-order valence-electron chi connectivity index (χ4n) is 4.89. The number of carbonyl (C=O) groups excluding carboxylic acids is 1. The van der Waals surface area contributed by atoms with Crippen molar-refractivity contribution in [2.45, 2.75) is 31.8 Å². The third-order valence-electron chi connectivity index (χ3n) is 6.45. The van der Waals surface area contributed by atoms with Crippen LogP contribution in [0.3, 0.4) is 0 Å². The molecule has 1 N–H and O–H groups in total. The van der Waals surface area contributed by atoms with E-state index in [4.69, 9.17) is 4.74 Å². The van der Waals surface area contributed by atoms with Gasteiger partial charge in [-0.1, -0.05) is 60.7 Å². The summed E-state index contributed by atoms with van der Waals surface area (Å²) in [7, 11) is 0. The Kier molecular flexibility index (Phi) is 4.74. The molecule has 156 valence electrons. The van der Waals surface area contributed by atoms with Gasteiger partial charge in [0.05, 0.1) is 5.56 Å². The molecule has 0 saturated heterocycles. The van der Waals surface area contributed by atoms with E-state index in [1.54, 1.807) is 17.0 Å². The summed E-state index contributed by atoms with van der Waals surface area (Å²) in [5, 5.41) is 9.46. The van der Waals surface area contributed by atoms with Crippen LogP contribution in [0.4, 0.5) is 4.79 Å². The number of ether oxygens (including phenoxy) is 1. The van der Waals surface area contributed by atoms with Crippen molar-refractivity contribution >= 4 is 12.1 Å². The van der Waals surface area contributed by atoms with Gasteiger partial charge in [0.1, 0.15) is 6.61 Å². The molecule has 1 aliphatic carbocycles. The Hall–Kier alpha value is -3.60. The molecular weight excluding hydrogens is 390 g/mol. The zero-order valence-electron chi connectivity index (χ0n) is 17.2. The summed E-state index contributed by atoms with van der Waals surface area (Å²) in [6.45, 7) is 2.56. The highest BCUT2D eigenvalue weighted by Crippen LogP contribution is 2.44. The monoisotopic (exact) mass is 413 g/mol. The van der Waals surface area contributed by atoms with Crippen molar-refractivity contribution in [3.63, 3.8) is 0 Å². The normalized spacial score (nSPS) is 16.9. The quantitative estimate of drug-likeness (QED) is 0.650. The molecule has 31 heavy (non-hydrogen) atoms. The second kappa shape index (κ2) is 7.58. The third kappa shape index (κ3) is 3.26. The molecule has 3 aromatic carbocycles. The predicted octanol–water partition coefficient (Wildman–Crippen LogP) is 5.08. The van der Waals surface area contributed by atoms with Crippen LogP contribution in [-0.2, 0) is 17.7 Å². The van der Waals surface area contributed by atoms with Gasteiger partial charge in [0, 0.05) is 18.5 Å². The summed E-state index contributed by atoms with van der Waals surface area (Å²) in [6.07, 6.45) is 0.142. The van der Waals surface area contributed by atoms with Crippen LogP contribution in [0.25, 0.3) is 11.1 Å². The van der Waals surface area contributed by atoms with Crippen LogP contribution in [-0.4, -0.2) is 34.7 Å². The van der Waals surface area contributed by atoms with Gasteiger partial charge in [-0.15, -0.1) is 0 Å². The number of hydrogen-bond acceptors (Lipinski definition) is 3. The number of rotatable bonds is 3. The van der Waals surface area contributed by atoms with Crippen molar-refractivity contribution in [1.82, 2.24) is 4.90 Å². The van der Waals surface area contributed by atoms with Gasteiger partial charge in [0.25, 0.3) is 0 Å². The van der Waals surface area contributed by atoms with Gasteiger partial charge >= 0.3 is 12.1 Å². The molecule has 0 bridgehead atoms. The Bertz CT molecular complexity index is 1140. The van der Waals surface area contributed by atoms with Gasteiger partial charge in [-0.25, -0.2) is 9.59 Å². The van der Waals surface area contributed by atoms with Crippen molar-refractivity contribution in [2.24, 2.45) is 0 Å². The first-order valence-corrected chi connectivity index (χ1v) is 10.5. The molecule has 1 atom stereocenters. The van der Waals surface area contributed by atoms with E-state index >= 15 is 0 Å². The number of carboxylic acid groups (broad SMARTS) is 1. The maximum atomic E-state index is 13.0. The molecule has 0 aromatic heterocycles. The second-order valence-electron chi connectivity index (χ2n) is 8.23. The van der Waals surface area contributed by atoms with E-state index in [1.807, 2.05) is 37.3 Å². The molecule has 0 radical (unpaired) electrons. The zero-order chi connectivity index (χ0) is 21.5. The number of nitrogens with zero attached hydrogens (tertiary/aromatic N) is 1. The van der Waals surface area contributed by atoms with E-state index in [0.717, 1.165) is 11.1 Å². The summed E-state index contributed by atoms with van der Waals surface area (Å²) < 4.78 is 5.81. The van der Waals surface area contributed by atoms with E-state index in [-0.39, 0.29) is 24.7 Å². The van der Waals surface area contributed by atoms with Gasteiger partial charge in [-0.3, -0.25) is 0 Å². The second-order valence-corrected chi connectivity index (χ2v) is 8.23. The van der Waals surface area contributed by atoms with Gasteiger partial charge in [-0.2, -0.15) is 0 Å². The maximum absolute atomic E-state index is 13.0. The lowest BCUT2D eigenvalue weighted by molar-refractivity contribution is 0.0691. The van der Waals surface area contributed by atoms with E-state index in [2.05, 4.69) is 24.3 Å². The SMILES string of the molecule is CC1Cc2c(cccc2C(=O)O)CN1C(=O)OCC1c2ccccc2-c2ccccc21. The van der Waals surface area contributed by atoms with E-state index < -0.39 is 5.97 Å². The van der Waals surface area contributed by atoms with E-state index in [1.165, 1.54) is 22.3 Å². The number of amides is 1. The Morgan fingerprint density at radius 2 is 1.61 bits per heavy atom. The highest BCUT2D eigenvalue weighted by Gasteiger charge is 2.33. The number of carboxylic acids is 1. The molecule has 5 rings (SSSR count). The molecule has 1 aliphatic heterocycles. The van der Waals surface area contributed by atoms with Gasteiger partial charge in [-0.05, 0) is 52.8 Å². The van der Waals surface area contributed by atoms with Crippen molar-refractivity contribution in [3.8, 4) is 11.1 Å². The summed E-state index contributed by atoms with van der Waals surface area (Å²) in [6, 6.07) is 21.6. The van der Waals surface area contributed by atoms with Crippen molar-refractivity contribution in [3.05, 3.63) is 94.5 Å². The highest BCUT2D eigenvalue weighted by molar-refractivity contribution is 5.90.